The van der Waals surface area contributed by atoms with E-state index in [1.54, 1.807) is 0 Å². The largest absolute Gasteiger partial charge is 0.295 e. The molecule has 0 saturated heterocycles. The first-order chi connectivity index (χ1) is 7.85. The monoisotopic (exact) mass is 245 g/mol. The molecule has 0 aliphatic carbocycles. The molecular formula is C14H31NS. The summed E-state index contributed by atoms with van der Waals surface area (Å²) in [4.78, 5) is 2.49. The van der Waals surface area contributed by atoms with Crippen LogP contribution < -0.4 is 0 Å². The van der Waals surface area contributed by atoms with Gasteiger partial charge in [-0.2, -0.15) is 0 Å². The molecule has 0 rings (SSSR count). The minimum Gasteiger partial charge on any atom is -0.295 e. The maximum Gasteiger partial charge on any atom is 0.0444 e. The summed E-state index contributed by atoms with van der Waals surface area (Å²) in [7, 11) is 0. The fourth-order valence-electron chi connectivity index (χ4n) is 1.76. The highest BCUT2D eigenvalue weighted by Gasteiger charge is 1.98. The van der Waals surface area contributed by atoms with Crippen LogP contribution in [0.4, 0.5) is 0 Å². The van der Waals surface area contributed by atoms with E-state index < -0.39 is 0 Å². The summed E-state index contributed by atoms with van der Waals surface area (Å²) in [6.45, 7) is 9.17. The molecule has 0 aromatic carbocycles. The summed E-state index contributed by atoms with van der Waals surface area (Å²) in [5.41, 5.74) is 0. The van der Waals surface area contributed by atoms with Crippen molar-refractivity contribution in [3.8, 4) is 0 Å². The van der Waals surface area contributed by atoms with Crippen LogP contribution in [0.1, 0.15) is 65.7 Å². The third-order valence-corrected chi connectivity index (χ3v) is 4.19. The van der Waals surface area contributed by atoms with Crippen LogP contribution in [0.3, 0.4) is 0 Å². The Morgan fingerprint density at radius 1 is 0.750 bits per heavy atom. The Kier molecular flexibility index (Phi) is 13.6. The van der Waals surface area contributed by atoms with E-state index in [0.29, 0.717) is 0 Å². The van der Waals surface area contributed by atoms with Crippen LogP contribution in [-0.2, 0) is 0 Å². The number of rotatable bonds is 12. The zero-order chi connectivity index (χ0) is 12.1. The maximum absolute atomic E-state index is 2.49. The summed E-state index contributed by atoms with van der Waals surface area (Å²) in [5, 5.41) is 0. The maximum atomic E-state index is 2.49. The predicted octanol–water partition coefficient (Wildman–Crippen LogP) is 4.77. The van der Waals surface area contributed by atoms with Crippen molar-refractivity contribution < 1.29 is 0 Å². The van der Waals surface area contributed by atoms with Gasteiger partial charge in [-0.1, -0.05) is 59.3 Å². The van der Waals surface area contributed by atoms with Gasteiger partial charge in [0.2, 0.25) is 0 Å². The van der Waals surface area contributed by atoms with Gasteiger partial charge >= 0.3 is 0 Å². The number of unbranched alkanes of at least 4 members (excludes halogenated alkanes) is 6. The van der Waals surface area contributed by atoms with Crippen LogP contribution in [0.5, 0.6) is 0 Å². The molecule has 0 fully saturated rings. The summed E-state index contributed by atoms with van der Waals surface area (Å²) in [6, 6.07) is 0. The Balaban J connectivity index is 3.03. The van der Waals surface area contributed by atoms with E-state index >= 15 is 0 Å². The lowest BCUT2D eigenvalue weighted by atomic mass is 10.1. The zero-order valence-electron chi connectivity index (χ0n) is 11.6. The molecule has 0 amide bonds. The van der Waals surface area contributed by atoms with Gasteiger partial charge in [0.15, 0.2) is 0 Å². The predicted molar refractivity (Wildman–Crippen MR) is 78.2 cm³/mol. The molecule has 0 aromatic heterocycles. The molecule has 0 radical (unpaired) electrons. The van der Waals surface area contributed by atoms with Crippen molar-refractivity contribution in [2.24, 2.45) is 0 Å². The quantitative estimate of drug-likeness (QED) is 0.360. The molecule has 98 valence electrons. The molecule has 1 nitrogen and oxygen atoms in total. The van der Waals surface area contributed by atoms with Crippen LogP contribution >= 0.6 is 11.8 Å². The average Bonchev–Trinajstić information content (AvgIpc) is 2.32. The van der Waals surface area contributed by atoms with Crippen molar-refractivity contribution in [2.75, 3.05) is 24.7 Å². The molecule has 16 heavy (non-hydrogen) atoms. The van der Waals surface area contributed by atoms with Crippen molar-refractivity contribution in [2.45, 2.75) is 65.7 Å². The minimum absolute atomic E-state index is 1.19. The molecule has 0 saturated carbocycles. The van der Waals surface area contributed by atoms with E-state index in [4.69, 9.17) is 0 Å². The van der Waals surface area contributed by atoms with Gasteiger partial charge in [-0.25, -0.2) is 0 Å². The van der Waals surface area contributed by atoms with Crippen molar-refractivity contribution in [1.29, 1.82) is 0 Å². The van der Waals surface area contributed by atoms with Crippen molar-refractivity contribution in [1.82, 2.24) is 4.90 Å². The number of nitrogens with zero attached hydrogens (tertiary/aromatic N) is 1. The van der Waals surface area contributed by atoms with Gasteiger partial charge in [-0.15, -0.1) is 11.8 Å². The highest BCUT2D eigenvalue weighted by atomic mass is 32.2. The highest BCUT2D eigenvalue weighted by Crippen LogP contribution is 2.11. The second kappa shape index (κ2) is 13.4. The first-order valence-corrected chi connectivity index (χ1v) is 8.30. The Labute approximate surface area is 107 Å². The molecule has 2 heteroatoms. The SMILES string of the molecule is CCCCCCCCCSCN(CC)CC. The van der Waals surface area contributed by atoms with Crippen LogP contribution in [0.15, 0.2) is 0 Å². The summed E-state index contributed by atoms with van der Waals surface area (Å²) in [6.07, 6.45) is 9.99. The smallest absolute Gasteiger partial charge is 0.0444 e. The molecule has 0 heterocycles. The van der Waals surface area contributed by atoms with Gasteiger partial charge in [-0.3, -0.25) is 4.90 Å². The zero-order valence-corrected chi connectivity index (χ0v) is 12.5. The molecule has 0 atom stereocenters. The van der Waals surface area contributed by atoms with Crippen LogP contribution in [0, 0.1) is 0 Å². The lowest BCUT2D eigenvalue weighted by molar-refractivity contribution is 0.358. The van der Waals surface area contributed by atoms with E-state index in [-0.39, 0.29) is 0 Å². The van der Waals surface area contributed by atoms with Gasteiger partial charge in [0.25, 0.3) is 0 Å². The van der Waals surface area contributed by atoms with Crippen LogP contribution in [0.25, 0.3) is 0 Å². The third-order valence-electron chi connectivity index (χ3n) is 3.06. The Morgan fingerprint density at radius 3 is 1.88 bits per heavy atom. The summed E-state index contributed by atoms with van der Waals surface area (Å²) in [5.74, 6) is 2.58. The molecule has 0 aliphatic rings. The first kappa shape index (κ1) is 16.3. The lowest BCUT2D eigenvalue weighted by Gasteiger charge is -2.16. The van der Waals surface area contributed by atoms with Crippen molar-refractivity contribution in [3.63, 3.8) is 0 Å². The van der Waals surface area contributed by atoms with Gasteiger partial charge in [0.1, 0.15) is 0 Å². The lowest BCUT2D eigenvalue weighted by Crippen LogP contribution is -2.22. The minimum atomic E-state index is 1.19. The standard InChI is InChI=1S/C14H31NS/c1-4-7-8-9-10-11-12-13-16-14-15(5-2)6-3/h4-14H2,1-3H3. The summed E-state index contributed by atoms with van der Waals surface area (Å²) >= 11 is 2.10. The van der Waals surface area contributed by atoms with Gasteiger partial charge in [0, 0.05) is 5.88 Å². The first-order valence-electron chi connectivity index (χ1n) is 7.15. The Morgan fingerprint density at radius 2 is 1.31 bits per heavy atom. The number of hydrogen-bond donors (Lipinski definition) is 0. The molecule has 0 N–H and O–H groups in total. The fourth-order valence-corrected chi connectivity index (χ4v) is 2.92. The summed E-state index contributed by atoms with van der Waals surface area (Å²) < 4.78 is 0. The number of hydrogen-bond acceptors (Lipinski definition) is 2. The second-order valence-electron chi connectivity index (χ2n) is 4.46. The molecule has 0 bridgehead atoms. The van der Waals surface area contributed by atoms with E-state index in [1.807, 2.05) is 0 Å². The van der Waals surface area contributed by atoms with E-state index in [9.17, 15) is 0 Å². The second-order valence-corrected chi connectivity index (χ2v) is 5.54. The third kappa shape index (κ3) is 10.8. The van der Waals surface area contributed by atoms with Crippen LogP contribution in [-0.4, -0.2) is 29.6 Å². The number of thioether (sulfide) groups is 1. The molecule has 0 spiro atoms. The van der Waals surface area contributed by atoms with E-state index in [1.165, 1.54) is 69.7 Å². The average molecular weight is 245 g/mol. The van der Waals surface area contributed by atoms with Gasteiger partial charge in [0.05, 0.1) is 0 Å². The van der Waals surface area contributed by atoms with E-state index in [0.717, 1.165) is 0 Å². The molecular weight excluding hydrogens is 214 g/mol. The molecule has 0 aromatic rings. The normalized spacial score (nSPS) is 11.2. The highest BCUT2D eigenvalue weighted by molar-refractivity contribution is 7.99. The van der Waals surface area contributed by atoms with E-state index in [2.05, 4.69) is 37.4 Å². The van der Waals surface area contributed by atoms with Crippen LogP contribution in [0.2, 0.25) is 0 Å². The fraction of sp³-hybridized carbons (Fsp3) is 1.00. The molecule has 0 aliphatic heterocycles. The molecule has 0 unspecified atom stereocenters. The van der Waals surface area contributed by atoms with Crippen molar-refractivity contribution in [3.05, 3.63) is 0 Å². The Hall–Kier alpha value is 0.310. The van der Waals surface area contributed by atoms with Gasteiger partial charge in [-0.05, 0) is 25.3 Å². The Bertz CT molecular complexity index is 124. The topological polar surface area (TPSA) is 3.24 Å². The van der Waals surface area contributed by atoms with Crippen molar-refractivity contribution >= 4 is 11.8 Å². The van der Waals surface area contributed by atoms with Gasteiger partial charge < -0.3 is 0 Å².